The Morgan fingerprint density at radius 3 is 2.29 bits per heavy atom. The first kappa shape index (κ1) is 18.6. The van der Waals surface area contributed by atoms with Crippen LogP contribution < -0.4 is 5.32 Å². The highest BCUT2D eigenvalue weighted by Crippen LogP contribution is 2.25. The molecule has 0 aliphatic carbocycles. The first-order valence-electron chi connectivity index (χ1n) is 7.09. The summed E-state index contributed by atoms with van der Waals surface area (Å²) in [6, 6.07) is 11.8. The van der Waals surface area contributed by atoms with Crippen LogP contribution in [0, 0.1) is 0 Å². The van der Waals surface area contributed by atoms with E-state index in [0.717, 1.165) is 0 Å². The molecule has 0 saturated carbocycles. The molecule has 0 aliphatic heterocycles. The minimum absolute atomic E-state index is 0.0272. The van der Waals surface area contributed by atoms with Crippen LogP contribution in [0.4, 0.5) is 5.69 Å². The zero-order valence-corrected chi connectivity index (χ0v) is 15.1. The summed E-state index contributed by atoms with van der Waals surface area (Å²) < 4.78 is 0. The van der Waals surface area contributed by atoms with E-state index < -0.39 is 0 Å². The quantitative estimate of drug-likeness (QED) is 0.835. The molecule has 2 aromatic rings. The van der Waals surface area contributed by atoms with Crippen molar-refractivity contribution in [2.75, 3.05) is 18.9 Å². The first-order chi connectivity index (χ1) is 11.4. The van der Waals surface area contributed by atoms with Crippen molar-refractivity contribution in [3.05, 3.63) is 63.1 Å². The van der Waals surface area contributed by atoms with Crippen LogP contribution in [0.5, 0.6) is 0 Å². The van der Waals surface area contributed by atoms with Crippen molar-refractivity contribution >= 4 is 52.3 Å². The van der Waals surface area contributed by atoms with E-state index in [0.29, 0.717) is 26.3 Å². The number of hydrogen-bond donors (Lipinski definition) is 1. The average molecular weight is 386 g/mol. The SMILES string of the molecule is CN(CC(=O)Nc1cccc(Cl)c1)C(=O)Cc1c(Cl)cccc1Cl. The van der Waals surface area contributed by atoms with E-state index in [1.54, 1.807) is 49.5 Å². The van der Waals surface area contributed by atoms with E-state index in [2.05, 4.69) is 5.32 Å². The van der Waals surface area contributed by atoms with Crippen LogP contribution in [-0.2, 0) is 16.0 Å². The normalized spacial score (nSPS) is 10.3. The molecule has 0 saturated heterocycles. The molecular formula is C17H15Cl3N2O2. The van der Waals surface area contributed by atoms with E-state index in [1.807, 2.05) is 0 Å². The predicted molar refractivity (Wildman–Crippen MR) is 97.9 cm³/mol. The second-order valence-electron chi connectivity index (χ2n) is 5.19. The molecule has 0 radical (unpaired) electrons. The van der Waals surface area contributed by atoms with Crippen LogP contribution in [0.1, 0.15) is 5.56 Å². The molecular weight excluding hydrogens is 371 g/mol. The molecule has 2 amide bonds. The Morgan fingerprint density at radius 1 is 1.04 bits per heavy atom. The smallest absolute Gasteiger partial charge is 0.243 e. The summed E-state index contributed by atoms with van der Waals surface area (Å²) in [7, 11) is 1.55. The highest BCUT2D eigenvalue weighted by atomic mass is 35.5. The van der Waals surface area contributed by atoms with Gasteiger partial charge in [-0.1, -0.05) is 46.9 Å². The van der Waals surface area contributed by atoms with Gasteiger partial charge in [0.1, 0.15) is 0 Å². The Kier molecular flexibility index (Phi) is 6.49. The Bertz CT molecular complexity index is 745. The summed E-state index contributed by atoms with van der Waals surface area (Å²) in [4.78, 5) is 25.6. The number of nitrogens with one attached hydrogen (secondary N) is 1. The fourth-order valence-corrected chi connectivity index (χ4v) is 2.78. The molecule has 4 nitrogen and oxygen atoms in total. The van der Waals surface area contributed by atoms with Crippen molar-refractivity contribution in [2.24, 2.45) is 0 Å². The second kappa shape index (κ2) is 8.38. The highest BCUT2D eigenvalue weighted by molar-refractivity contribution is 6.36. The number of amides is 2. The molecule has 0 heterocycles. The number of rotatable bonds is 5. The molecule has 7 heteroatoms. The topological polar surface area (TPSA) is 49.4 Å². The number of halogens is 3. The van der Waals surface area contributed by atoms with Crippen LogP contribution in [0.15, 0.2) is 42.5 Å². The van der Waals surface area contributed by atoms with Gasteiger partial charge in [0.2, 0.25) is 11.8 Å². The molecule has 0 aliphatic rings. The molecule has 0 atom stereocenters. The van der Waals surface area contributed by atoms with Crippen LogP contribution in [0.25, 0.3) is 0 Å². The van der Waals surface area contributed by atoms with Gasteiger partial charge in [-0.3, -0.25) is 9.59 Å². The molecule has 24 heavy (non-hydrogen) atoms. The van der Waals surface area contributed by atoms with Crippen LogP contribution in [0.2, 0.25) is 15.1 Å². The minimum Gasteiger partial charge on any atom is -0.336 e. The lowest BCUT2D eigenvalue weighted by atomic mass is 10.1. The molecule has 0 aromatic heterocycles. The van der Waals surface area contributed by atoms with Crippen LogP contribution >= 0.6 is 34.8 Å². The zero-order chi connectivity index (χ0) is 17.7. The summed E-state index contributed by atoms with van der Waals surface area (Å²) in [6.45, 7) is -0.0899. The molecule has 126 valence electrons. The summed E-state index contributed by atoms with van der Waals surface area (Å²) in [6.07, 6.45) is 0.0272. The van der Waals surface area contributed by atoms with Gasteiger partial charge in [-0.15, -0.1) is 0 Å². The summed E-state index contributed by atoms with van der Waals surface area (Å²) in [5.41, 5.74) is 1.12. The third kappa shape index (κ3) is 5.13. The van der Waals surface area contributed by atoms with Crippen molar-refractivity contribution in [1.29, 1.82) is 0 Å². The van der Waals surface area contributed by atoms with E-state index in [9.17, 15) is 9.59 Å². The van der Waals surface area contributed by atoms with Gasteiger partial charge in [0.05, 0.1) is 13.0 Å². The molecule has 2 rings (SSSR count). The van der Waals surface area contributed by atoms with Crippen molar-refractivity contribution in [2.45, 2.75) is 6.42 Å². The monoisotopic (exact) mass is 384 g/mol. The van der Waals surface area contributed by atoms with Crippen molar-refractivity contribution in [3.8, 4) is 0 Å². The Balaban J connectivity index is 1.95. The van der Waals surface area contributed by atoms with Gasteiger partial charge in [0, 0.05) is 27.8 Å². The summed E-state index contributed by atoms with van der Waals surface area (Å²) in [5.74, 6) is -0.579. The minimum atomic E-state index is -0.321. The van der Waals surface area contributed by atoms with Gasteiger partial charge >= 0.3 is 0 Å². The summed E-state index contributed by atoms with van der Waals surface area (Å²) >= 11 is 18.0. The number of nitrogens with zero attached hydrogens (tertiary/aromatic N) is 1. The fourth-order valence-electron chi connectivity index (χ4n) is 2.06. The second-order valence-corrected chi connectivity index (χ2v) is 6.44. The fraction of sp³-hybridized carbons (Fsp3) is 0.176. The Labute approximate surface area is 155 Å². The number of anilines is 1. The third-order valence-electron chi connectivity index (χ3n) is 3.30. The van der Waals surface area contributed by atoms with Crippen LogP contribution in [0.3, 0.4) is 0 Å². The van der Waals surface area contributed by atoms with E-state index in [4.69, 9.17) is 34.8 Å². The lowest BCUT2D eigenvalue weighted by Crippen LogP contribution is -2.35. The number of carbonyl (C=O) groups is 2. The standard InChI is InChI=1S/C17H15Cl3N2O2/c1-22(10-16(23)21-12-5-2-4-11(18)8-12)17(24)9-13-14(19)6-3-7-15(13)20/h2-8H,9-10H2,1H3,(H,21,23). The van der Waals surface area contributed by atoms with Crippen LogP contribution in [-0.4, -0.2) is 30.3 Å². The van der Waals surface area contributed by atoms with E-state index in [1.165, 1.54) is 4.90 Å². The molecule has 0 fully saturated rings. The number of likely N-dealkylation sites (N-methyl/N-ethyl adjacent to an activating group) is 1. The number of hydrogen-bond acceptors (Lipinski definition) is 2. The molecule has 1 N–H and O–H groups in total. The number of carbonyl (C=O) groups excluding carboxylic acids is 2. The van der Waals surface area contributed by atoms with Gasteiger partial charge in [0.25, 0.3) is 0 Å². The first-order valence-corrected chi connectivity index (χ1v) is 8.22. The molecule has 0 unspecified atom stereocenters. The third-order valence-corrected chi connectivity index (χ3v) is 4.25. The largest absolute Gasteiger partial charge is 0.336 e. The average Bonchev–Trinajstić information content (AvgIpc) is 2.50. The van der Waals surface area contributed by atoms with Gasteiger partial charge in [0.15, 0.2) is 0 Å². The van der Waals surface area contributed by atoms with Gasteiger partial charge in [-0.25, -0.2) is 0 Å². The van der Waals surface area contributed by atoms with E-state index >= 15 is 0 Å². The zero-order valence-electron chi connectivity index (χ0n) is 12.9. The van der Waals surface area contributed by atoms with Gasteiger partial charge in [-0.05, 0) is 35.9 Å². The summed E-state index contributed by atoms with van der Waals surface area (Å²) in [5, 5.41) is 4.05. The predicted octanol–water partition coefficient (Wildman–Crippen LogP) is 4.29. The maximum Gasteiger partial charge on any atom is 0.243 e. The lowest BCUT2D eigenvalue weighted by Gasteiger charge is -2.17. The van der Waals surface area contributed by atoms with Crippen molar-refractivity contribution in [1.82, 2.24) is 4.90 Å². The van der Waals surface area contributed by atoms with Gasteiger partial charge < -0.3 is 10.2 Å². The molecule has 0 bridgehead atoms. The molecule has 0 spiro atoms. The highest BCUT2D eigenvalue weighted by Gasteiger charge is 2.16. The van der Waals surface area contributed by atoms with Gasteiger partial charge in [-0.2, -0.15) is 0 Å². The molecule has 2 aromatic carbocycles. The van der Waals surface area contributed by atoms with Crippen molar-refractivity contribution < 1.29 is 9.59 Å². The maximum absolute atomic E-state index is 12.3. The number of benzene rings is 2. The van der Waals surface area contributed by atoms with Crippen molar-refractivity contribution in [3.63, 3.8) is 0 Å². The Hall–Kier alpha value is -1.75. The Morgan fingerprint density at radius 2 is 1.67 bits per heavy atom. The maximum atomic E-state index is 12.3. The lowest BCUT2D eigenvalue weighted by molar-refractivity contribution is -0.132. The van der Waals surface area contributed by atoms with E-state index in [-0.39, 0.29) is 24.8 Å².